The van der Waals surface area contributed by atoms with Crippen LogP contribution in [-0.2, 0) is 16.6 Å². The number of rotatable bonds is 7. The van der Waals surface area contributed by atoms with Gasteiger partial charge in [0, 0.05) is 39.3 Å². The number of carbonyl (C=O) groups excluding carboxylic acids is 1. The Bertz CT molecular complexity index is 862. The van der Waals surface area contributed by atoms with E-state index in [1.165, 1.54) is 15.9 Å². The fourth-order valence-corrected chi connectivity index (χ4v) is 4.60. The van der Waals surface area contributed by atoms with Crippen LogP contribution in [0.3, 0.4) is 0 Å². The summed E-state index contributed by atoms with van der Waals surface area (Å²) in [4.78, 5) is 14.1. The summed E-state index contributed by atoms with van der Waals surface area (Å²) >= 11 is 3.12. The van der Waals surface area contributed by atoms with Crippen LogP contribution >= 0.6 is 15.9 Å². The normalized spacial score (nSPS) is 16.3. The van der Waals surface area contributed by atoms with Crippen molar-refractivity contribution in [2.45, 2.75) is 6.54 Å². The molecule has 1 saturated heterocycles. The number of sulfonamides is 1. The Morgan fingerprint density at radius 1 is 1.07 bits per heavy atom. The van der Waals surface area contributed by atoms with Crippen molar-refractivity contribution in [2.24, 2.45) is 0 Å². The average molecular weight is 456 g/mol. The molecule has 0 radical (unpaired) electrons. The highest BCUT2D eigenvalue weighted by molar-refractivity contribution is 9.10. The predicted octanol–water partition coefficient (Wildman–Crippen LogP) is 1.92. The fraction of sp³-hybridized carbons (Fsp3) is 0.389. The van der Waals surface area contributed by atoms with Crippen molar-refractivity contribution in [1.29, 1.82) is 0 Å². The summed E-state index contributed by atoms with van der Waals surface area (Å²) in [5.41, 5.74) is 1.22. The maximum Gasteiger partial charge on any atom is 0.287 e. The maximum absolute atomic E-state index is 12.5. The third-order valence-corrected chi connectivity index (χ3v) is 6.71. The number of benzene rings is 1. The van der Waals surface area contributed by atoms with Crippen LogP contribution in [0.25, 0.3) is 0 Å². The minimum atomic E-state index is -3.40. The van der Waals surface area contributed by atoms with Gasteiger partial charge < -0.3 is 9.73 Å². The lowest BCUT2D eigenvalue weighted by Gasteiger charge is -2.34. The van der Waals surface area contributed by atoms with Gasteiger partial charge in [0.25, 0.3) is 5.91 Å². The van der Waals surface area contributed by atoms with Crippen molar-refractivity contribution in [1.82, 2.24) is 14.5 Å². The monoisotopic (exact) mass is 455 g/mol. The molecule has 0 spiro atoms. The lowest BCUT2D eigenvalue weighted by atomic mass is 10.2. The van der Waals surface area contributed by atoms with Gasteiger partial charge in [0.15, 0.2) is 10.4 Å². The number of halogens is 1. The highest BCUT2D eigenvalue weighted by atomic mass is 79.9. The summed E-state index contributed by atoms with van der Waals surface area (Å²) < 4.78 is 32.1. The number of hydrogen-bond donors (Lipinski definition) is 1. The van der Waals surface area contributed by atoms with Crippen LogP contribution in [0.5, 0.6) is 0 Å². The lowest BCUT2D eigenvalue weighted by molar-refractivity contribution is 0.0927. The maximum atomic E-state index is 12.5. The Morgan fingerprint density at radius 2 is 1.78 bits per heavy atom. The van der Waals surface area contributed by atoms with Gasteiger partial charge >= 0.3 is 0 Å². The highest BCUT2D eigenvalue weighted by Gasteiger charge is 2.26. The number of carbonyl (C=O) groups is 1. The van der Waals surface area contributed by atoms with E-state index in [4.69, 9.17) is 4.42 Å². The van der Waals surface area contributed by atoms with Crippen molar-refractivity contribution in [3.05, 3.63) is 58.5 Å². The standard InChI is InChI=1S/C18H22BrN3O4S/c19-17-7-6-16(26-17)18(23)20-8-13-27(24,25)22-11-9-21(10-12-22)14-15-4-2-1-3-5-15/h1-7H,8-14H2,(H,20,23). The summed E-state index contributed by atoms with van der Waals surface area (Å²) in [6, 6.07) is 13.3. The predicted molar refractivity (Wildman–Crippen MR) is 106 cm³/mol. The van der Waals surface area contributed by atoms with Crippen LogP contribution in [0.1, 0.15) is 16.1 Å². The molecule has 1 aromatic heterocycles. The van der Waals surface area contributed by atoms with Crippen molar-refractivity contribution < 1.29 is 17.6 Å². The Morgan fingerprint density at radius 3 is 2.41 bits per heavy atom. The first kappa shape index (κ1) is 20.1. The smallest absolute Gasteiger partial charge is 0.287 e. The third-order valence-electron chi connectivity index (χ3n) is 4.42. The molecule has 2 aromatic rings. The summed E-state index contributed by atoms with van der Waals surface area (Å²) in [5.74, 6) is -0.406. The number of hydrogen-bond acceptors (Lipinski definition) is 5. The third kappa shape index (κ3) is 5.65. The molecule has 1 aromatic carbocycles. The Labute approximate surface area is 167 Å². The van der Waals surface area contributed by atoms with Gasteiger partial charge in [0.05, 0.1) is 5.75 Å². The zero-order valence-electron chi connectivity index (χ0n) is 14.8. The van der Waals surface area contributed by atoms with Gasteiger partial charge in [-0.05, 0) is 33.6 Å². The minimum absolute atomic E-state index is 0.0454. The average Bonchev–Trinajstić information content (AvgIpc) is 3.09. The minimum Gasteiger partial charge on any atom is -0.444 e. The molecular weight excluding hydrogens is 434 g/mol. The lowest BCUT2D eigenvalue weighted by Crippen LogP contribution is -2.49. The van der Waals surface area contributed by atoms with E-state index in [1.807, 2.05) is 18.2 Å². The van der Waals surface area contributed by atoms with Crippen LogP contribution < -0.4 is 5.32 Å². The van der Waals surface area contributed by atoms with Crippen molar-refractivity contribution in [3.63, 3.8) is 0 Å². The Kier molecular flexibility index (Phi) is 6.69. The zero-order chi connectivity index (χ0) is 19.3. The van der Waals surface area contributed by atoms with Crippen molar-refractivity contribution in [2.75, 3.05) is 38.5 Å². The summed E-state index contributed by atoms with van der Waals surface area (Å²) in [6.45, 7) is 3.19. The number of amides is 1. The number of nitrogens with one attached hydrogen (secondary N) is 1. The van der Waals surface area contributed by atoms with E-state index >= 15 is 0 Å². The SMILES string of the molecule is O=C(NCCS(=O)(=O)N1CCN(Cc2ccccc2)CC1)c1ccc(Br)o1. The number of piperazine rings is 1. The van der Waals surface area contributed by atoms with Gasteiger partial charge in [-0.1, -0.05) is 30.3 Å². The quantitative estimate of drug-likeness (QED) is 0.689. The molecule has 0 unspecified atom stereocenters. The molecule has 0 atom stereocenters. The molecule has 27 heavy (non-hydrogen) atoms. The topological polar surface area (TPSA) is 82.9 Å². The first-order valence-corrected chi connectivity index (χ1v) is 11.1. The second-order valence-electron chi connectivity index (χ2n) is 6.34. The molecule has 1 aliphatic rings. The molecule has 1 fully saturated rings. The molecule has 0 aliphatic carbocycles. The van der Waals surface area contributed by atoms with Crippen molar-refractivity contribution in [3.8, 4) is 0 Å². The molecule has 1 N–H and O–H groups in total. The van der Waals surface area contributed by atoms with E-state index in [-0.39, 0.29) is 18.1 Å². The van der Waals surface area contributed by atoms with E-state index in [0.29, 0.717) is 30.8 Å². The Balaban J connectivity index is 1.43. The van der Waals surface area contributed by atoms with E-state index < -0.39 is 15.9 Å². The Hall–Kier alpha value is -1.68. The van der Waals surface area contributed by atoms with Crippen LogP contribution in [0.2, 0.25) is 0 Å². The van der Waals surface area contributed by atoms with Crippen molar-refractivity contribution >= 4 is 31.9 Å². The first-order valence-electron chi connectivity index (χ1n) is 8.72. The molecule has 0 saturated carbocycles. The molecule has 9 heteroatoms. The largest absolute Gasteiger partial charge is 0.444 e. The van der Waals surface area contributed by atoms with Gasteiger partial charge in [0.1, 0.15) is 0 Å². The van der Waals surface area contributed by atoms with E-state index in [0.717, 1.165) is 6.54 Å². The van der Waals surface area contributed by atoms with Gasteiger partial charge in [-0.25, -0.2) is 8.42 Å². The first-order chi connectivity index (χ1) is 12.9. The molecule has 3 rings (SSSR count). The second kappa shape index (κ2) is 9.01. The highest BCUT2D eigenvalue weighted by Crippen LogP contribution is 2.14. The van der Waals surface area contributed by atoms with Crippen LogP contribution in [0.4, 0.5) is 0 Å². The van der Waals surface area contributed by atoms with Gasteiger partial charge in [-0.2, -0.15) is 4.31 Å². The van der Waals surface area contributed by atoms with Crippen LogP contribution in [-0.4, -0.2) is 62.0 Å². The van der Waals surface area contributed by atoms with Gasteiger partial charge in [-0.15, -0.1) is 0 Å². The van der Waals surface area contributed by atoms with Crippen LogP contribution in [0.15, 0.2) is 51.6 Å². The molecule has 7 nitrogen and oxygen atoms in total. The molecule has 1 aliphatic heterocycles. The number of nitrogens with zero attached hydrogens (tertiary/aromatic N) is 2. The summed E-state index contributed by atoms with van der Waals surface area (Å²) in [6.07, 6.45) is 0. The molecule has 146 valence electrons. The van der Waals surface area contributed by atoms with Gasteiger partial charge in [-0.3, -0.25) is 9.69 Å². The molecule has 1 amide bonds. The van der Waals surface area contributed by atoms with Crippen LogP contribution in [0, 0.1) is 0 Å². The molecular formula is C18H22BrN3O4S. The van der Waals surface area contributed by atoms with Gasteiger partial charge in [0.2, 0.25) is 10.0 Å². The van der Waals surface area contributed by atoms with E-state index in [2.05, 4.69) is 38.3 Å². The summed E-state index contributed by atoms with van der Waals surface area (Å²) in [5, 5.41) is 2.58. The second-order valence-corrected chi connectivity index (χ2v) is 9.21. The number of furan rings is 1. The van der Waals surface area contributed by atoms with E-state index in [1.54, 1.807) is 6.07 Å². The summed E-state index contributed by atoms with van der Waals surface area (Å²) in [7, 11) is -3.40. The molecule has 0 bridgehead atoms. The zero-order valence-corrected chi connectivity index (χ0v) is 17.2. The fourth-order valence-electron chi connectivity index (χ4n) is 2.95. The van der Waals surface area contributed by atoms with E-state index in [9.17, 15) is 13.2 Å². The molecule has 2 heterocycles.